The molecule has 0 heterocycles. The largest absolute Gasteiger partial charge is 0.478 e. The van der Waals surface area contributed by atoms with Gasteiger partial charge in [-0.15, -0.1) is 0 Å². The van der Waals surface area contributed by atoms with Gasteiger partial charge in [-0.25, -0.2) is 4.79 Å². The number of carbonyl (C=O) groups is 3. The summed E-state index contributed by atoms with van der Waals surface area (Å²) < 4.78 is 0. The zero-order chi connectivity index (χ0) is 18.9. The average Bonchev–Trinajstić information content (AvgIpc) is 2.56. The Bertz CT molecular complexity index is 570. The Morgan fingerprint density at radius 1 is 1.08 bits per heavy atom. The number of carboxylic acid groups (broad SMARTS) is 1. The standard InChI is InChI=1S/C13H18O11/c14-3-6(16)8(18)12(23)1-5(10(20)21)2-13(24,11(12)22)9(19)7(17)4-15/h1,6-7,11,14-17,22-24H,2-4H2,(H,20,21). The smallest absolute Gasteiger partial charge is 0.331 e. The summed E-state index contributed by atoms with van der Waals surface area (Å²) in [7, 11) is 0. The number of rotatable bonds is 7. The molecular formula is C13H18O11. The fraction of sp³-hybridized carbons (Fsp3) is 0.615. The van der Waals surface area contributed by atoms with Crippen LogP contribution in [-0.4, -0.2) is 101 Å². The summed E-state index contributed by atoms with van der Waals surface area (Å²) in [6, 6.07) is 0. The first kappa shape index (κ1) is 20.3. The highest BCUT2D eigenvalue weighted by Crippen LogP contribution is 2.37. The van der Waals surface area contributed by atoms with Crippen LogP contribution in [0.4, 0.5) is 0 Å². The van der Waals surface area contributed by atoms with E-state index in [4.69, 9.17) is 15.3 Å². The fourth-order valence-corrected chi connectivity index (χ4v) is 2.43. The van der Waals surface area contributed by atoms with E-state index in [0.717, 1.165) is 0 Å². The topological polar surface area (TPSA) is 213 Å². The van der Waals surface area contributed by atoms with E-state index in [0.29, 0.717) is 6.08 Å². The van der Waals surface area contributed by atoms with E-state index < -0.39 is 72.3 Å². The molecule has 5 unspecified atom stereocenters. The Morgan fingerprint density at radius 2 is 1.54 bits per heavy atom. The summed E-state index contributed by atoms with van der Waals surface area (Å²) in [6.07, 6.45) is -7.87. The lowest BCUT2D eigenvalue weighted by molar-refractivity contribution is -0.192. The minimum atomic E-state index is -3.23. The molecule has 0 aliphatic heterocycles. The lowest BCUT2D eigenvalue weighted by Gasteiger charge is -2.44. The summed E-state index contributed by atoms with van der Waals surface area (Å²) in [6.45, 7) is -2.36. The number of carboxylic acids is 1. The van der Waals surface area contributed by atoms with Gasteiger partial charge in [0.25, 0.3) is 0 Å². The van der Waals surface area contributed by atoms with Crippen LogP contribution in [0.2, 0.25) is 0 Å². The molecule has 8 N–H and O–H groups in total. The first-order chi connectivity index (χ1) is 11.0. The number of carbonyl (C=O) groups excluding carboxylic acids is 2. The van der Waals surface area contributed by atoms with Crippen molar-refractivity contribution in [2.75, 3.05) is 13.2 Å². The molecule has 1 rings (SSSR count). The maximum Gasteiger partial charge on any atom is 0.331 e. The molecule has 0 amide bonds. The molecule has 0 aromatic carbocycles. The summed E-state index contributed by atoms with van der Waals surface area (Å²) in [5, 5.41) is 76.0. The summed E-state index contributed by atoms with van der Waals surface area (Å²) in [4.78, 5) is 35.1. The quantitative estimate of drug-likeness (QED) is 0.218. The van der Waals surface area contributed by atoms with Crippen LogP contribution >= 0.6 is 0 Å². The van der Waals surface area contributed by atoms with Crippen molar-refractivity contribution in [1.82, 2.24) is 0 Å². The highest BCUT2D eigenvalue weighted by atomic mass is 16.4. The highest BCUT2D eigenvalue weighted by Gasteiger charge is 2.61. The molecule has 0 saturated carbocycles. The molecule has 11 heteroatoms. The number of ketones is 2. The number of hydrogen-bond acceptors (Lipinski definition) is 10. The van der Waals surface area contributed by atoms with Crippen LogP contribution in [0.1, 0.15) is 6.42 Å². The second-order valence-corrected chi connectivity index (χ2v) is 5.43. The van der Waals surface area contributed by atoms with Gasteiger partial charge in [0.05, 0.1) is 13.2 Å². The van der Waals surface area contributed by atoms with Crippen molar-refractivity contribution in [2.45, 2.75) is 35.9 Å². The van der Waals surface area contributed by atoms with Crippen LogP contribution in [0.5, 0.6) is 0 Å². The van der Waals surface area contributed by atoms with Gasteiger partial charge >= 0.3 is 5.97 Å². The second kappa shape index (κ2) is 7.03. The molecule has 0 fully saturated rings. The minimum absolute atomic E-state index is 0.342. The number of aliphatic hydroxyl groups excluding tert-OH is 5. The Hall–Kier alpha value is -1.73. The zero-order valence-corrected chi connectivity index (χ0v) is 12.2. The van der Waals surface area contributed by atoms with Crippen molar-refractivity contribution in [3.63, 3.8) is 0 Å². The van der Waals surface area contributed by atoms with Gasteiger partial charge in [0.1, 0.15) is 18.3 Å². The van der Waals surface area contributed by atoms with Crippen LogP contribution in [0, 0.1) is 0 Å². The fourth-order valence-electron chi connectivity index (χ4n) is 2.43. The van der Waals surface area contributed by atoms with Gasteiger partial charge in [0.15, 0.2) is 17.0 Å². The van der Waals surface area contributed by atoms with Gasteiger partial charge in [-0.05, 0) is 6.08 Å². The molecule has 5 atom stereocenters. The maximum absolute atomic E-state index is 12.0. The van der Waals surface area contributed by atoms with Gasteiger partial charge in [-0.3, -0.25) is 9.59 Å². The van der Waals surface area contributed by atoms with Crippen LogP contribution in [0.25, 0.3) is 0 Å². The number of aliphatic carboxylic acids is 1. The Morgan fingerprint density at radius 3 is 1.96 bits per heavy atom. The number of hydrogen-bond donors (Lipinski definition) is 8. The zero-order valence-electron chi connectivity index (χ0n) is 12.2. The molecule has 0 aromatic heterocycles. The van der Waals surface area contributed by atoms with Crippen molar-refractivity contribution >= 4 is 17.5 Å². The molecule has 1 aliphatic rings. The normalized spacial score (nSPS) is 32.6. The van der Waals surface area contributed by atoms with Gasteiger partial charge in [0, 0.05) is 12.0 Å². The van der Waals surface area contributed by atoms with Gasteiger partial charge in [-0.2, -0.15) is 0 Å². The number of Topliss-reactive ketones (excluding diaryl/α,β-unsaturated/α-hetero) is 2. The lowest BCUT2D eigenvalue weighted by atomic mass is 9.68. The molecule has 0 radical (unpaired) electrons. The molecule has 0 aromatic rings. The van der Waals surface area contributed by atoms with Crippen LogP contribution in [-0.2, 0) is 14.4 Å². The van der Waals surface area contributed by atoms with Crippen molar-refractivity contribution in [3.8, 4) is 0 Å². The van der Waals surface area contributed by atoms with E-state index in [9.17, 15) is 39.9 Å². The summed E-state index contributed by atoms with van der Waals surface area (Å²) in [5.41, 5.74) is -7.22. The van der Waals surface area contributed by atoms with E-state index in [1.54, 1.807) is 0 Å². The average molecular weight is 350 g/mol. The van der Waals surface area contributed by atoms with E-state index in [1.165, 1.54) is 0 Å². The predicted octanol–water partition coefficient (Wildman–Crippen LogP) is -4.93. The third-order valence-corrected chi connectivity index (χ3v) is 3.77. The van der Waals surface area contributed by atoms with Crippen LogP contribution in [0.15, 0.2) is 11.6 Å². The molecule has 0 spiro atoms. The monoisotopic (exact) mass is 350 g/mol. The lowest BCUT2D eigenvalue weighted by Crippen LogP contribution is -2.68. The minimum Gasteiger partial charge on any atom is -0.478 e. The van der Waals surface area contributed by atoms with Gasteiger partial charge in [0.2, 0.25) is 5.78 Å². The first-order valence-corrected chi connectivity index (χ1v) is 6.70. The van der Waals surface area contributed by atoms with Crippen molar-refractivity contribution in [3.05, 3.63) is 11.6 Å². The SMILES string of the molecule is O=C(O)C1=CC(O)(C(=O)C(O)CO)C(O)C(O)(C(=O)C(O)CO)C1. The summed E-state index contributed by atoms with van der Waals surface area (Å²) in [5.74, 6) is -5.05. The van der Waals surface area contributed by atoms with E-state index >= 15 is 0 Å². The van der Waals surface area contributed by atoms with Gasteiger partial charge in [-0.1, -0.05) is 0 Å². The van der Waals surface area contributed by atoms with E-state index in [1.807, 2.05) is 0 Å². The highest BCUT2D eigenvalue weighted by molar-refractivity contribution is 6.01. The third-order valence-electron chi connectivity index (χ3n) is 3.77. The second-order valence-electron chi connectivity index (χ2n) is 5.43. The predicted molar refractivity (Wildman–Crippen MR) is 72.4 cm³/mol. The number of aliphatic hydroxyl groups is 7. The van der Waals surface area contributed by atoms with Crippen molar-refractivity contribution in [1.29, 1.82) is 0 Å². The summed E-state index contributed by atoms with van der Waals surface area (Å²) >= 11 is 0. The molecule has 24 heavy (non-hydrogen) atoms. The Labute approximate surface area is 134 Å². The third kappa shape index (κ3) is 3.23. The molecule has 1 aliphatic carbocycles. The Balaban J connectivity index is 3.50. The van der Waals surface area contributed by atoms with E-state index in [-0.39, 0.29) is 0 Å². The van der Waals surface area contributed by atoms with Crippen LogP contribution < -0.4 is 0 Å². The Kier molecular flexibility index (Phi) is 5.95. The molecule has 0 bridgehead atoms. The van der Waals surface area contributed by atoms with Crippen molar-refractivity contribution in [2.24, 2.45) is 0 Å². The molecule has 136 valence electrons. The van der Waals surface area contributed by atoms with E-state index in [2.05, 4.69) is 0 Å². The molecular weight excluding hydrogens is 332 g/mol. The van der Waals surface area contributed by atoms with Gasteiger partial charge < -0.3 is 40.9 Å². The maximum atomic E-state index is 12.0. The first-order valence-electron chi connectivity index (χ1n) is 6.70. The van der Waals surface area contributed by atoms with Crippen LogP contribution in [0.3, 0.4) is 0 Å². The molecule has 0 saturated heterocycles. The van der Waals surface area contributed by atoms with Crippen molar-refractivity contribution < 1.29 is 55.2 Å². The molecule has 11 nitrogen and oxygen atoms in total.